The summed E-state index contributed by atoms with van der Waals surface area (Å²) in [7, 11) is 0. The van der Waals surface area contributed by atoms with Crippen LogP contribution in [-0.4, -0.2) is 30.9 Å². The molecule has 1 N–H and O–H groups in total. The number of carboxylic acids is 1. The third kappa shape index (κ3) is 3.95. The van der Waals surface area contributed by atoms with E-state index >= 15 is 0 Å². The van der Waals surface area contributed by atoms with Gasteiger partial charge in [0, 0.05) is 6.54 Å². The highest BCUT2D eigenvalue weighted by Crippen LogP contribution is 2.38. The molecule has 7 nitrogen and oxygen atoms in total. The van der Waals surface area contributed by atoms with E-state index in [1.807, 2.05) is 12.2 Å². The summed E-state index contributed by atoms with van der Waals surface area (Å²) in [5, 5.41) is 21.3. The third-order valence-corrected chi connectivity index (χ3v) is 3.29. The van der Waals surface area contributed by atoms with Crippen molar-refractivity contribution in [2.45, 2.75) is 6.42 Å². The molecule has 2 aromatic rings. The molecule has 0 aromatic heterocycles. The Hall–Kier alpha value is -3.22. The number of carbonyl (C=O) groups is 1. The minimum absolute atomic E-state index is 0.141. The summed E-state index contributed by atoms with van der Waals surface area (Å²) in [6, 6.07) is 8.46. The zero-order valence-corrected chi connectivity index (χ0v) is 12.9. The van der Waals surface area contributed by atoms with Gasteiger partial charge in [-0.25, -0.2) is 4.79 Å². The van der Waals surface area contributed by atoms with Crippen LogP contribution in [-0.2, 0) is 0 Å². The van der Waals surface area contributed by atoms with E-state index in [1.165, 1.54) is 0 Å². The first-order chi connectivity index (χ1) is 11.7. The highest BCUT2D eigenvalue weighted by molar-refractivity contribution is 6.10. The van der Waals surface area contributed by atoms with Crippen LogP contribution in [0.15, 0.2) is 62.9 Å². The summed E-state index contributed by atoms with van der Waals surface area (Å²) in [6.45, 7) is 4.34. The number of rotatable bonds is 8. The van der Waals surface area contributed by atoms with E-state index in [0.29, 0.717) is 23.9 Å². The Morgan fingerprint density at radius 3 is 2.75 bits per heavy atom. The summed E-state index contributed by atoms with van der Waals surface area (Å²) in [5.41, 5.74) is -0.239. The van der Waals surface area contributed by atoms with Gasteiger partial charge in [0.1, 0.15) is 5.69 Å². The Balaban J connectivity index is 2.36. The van der Waals surface area contributed by atoms with Crippen molar-refractivity contribution in [2.24, 2.45) is 20.4 Å². The Kier molecular flexibility index (Phi) is 6.01. The summed E-state index contributed by atoms with van der Waals surface area (Å²) in [6.07, 6.45) is 4.47. The maximum Gasteiger partial charge on any atom is 0.338 e. The van der Waals surface area contributed by atoms with Crippen molar-refractivity contribution in [1.29, 1.82) is 0 Å². The number of fused-ring (bicyclic) bond motifs is 1. The molecule has 0 fully saturated rings. The molecule has 2 aromatic carbocycles. The van der Waals surface area contributed by atoms with Crippen LogP contribution in [0.5, 0.6) is 0 Å². The number of nitrogens with zero attached hydrogens (tertiary/aromatic N) is 4. The van der Waals surface area contributed by atoms with Gasteiger partial charge in [-0.15, -0.1) is 4.91 Å². The van der Waals surface area contributed by atoms with Gasteiger partial charge in [0.2, 0.25) is 0 Å². The summed E-state index contributed by atoms with van der Waals surface area (Å²) in [4.78, 5) is 26.4. The number of aromatic carboxylic acids is 1. The van der Waals surface area contributed by atoms with E-state index in [2.05, 4.69) is 27.1 Å². The van der Waals surface area contributed by atoms with E-state index in [-0.39, 0.29) is 16.9 Å². The average molecular weight is 324 g/mol. The second kappa shape index (κ2) is 8.42. The summed E-state index contributed by atoms with van der Waals surface area (Å²) >= 11 is 0. The number of azo groups is 1. The van der Waals surface area contributed by atoms with Crippen LogP contribution in [0.3, 0.4) is 0 Å². The molecular weight excluding hydrogens is 308 g/mol. The molecule has 0 aliphatic rings. The summed E-state index contributed by atoms with van der Waals surface area (Å²) < 4.78 is 0. The van der Waals surface area contributed by atoms with E-state index < -0.39 is 5.97 Å². The Morgan fingerprint density at radius 2 is 2.04 bits per heavy atom. The van der Waals surface area contributed by atoms with Crippen LogP contribution < -0.4 is 0 Å². The summed E-state index contributed by atoms with van der Waals surface area (Å²) in [5.74, 6) is -1.23. The number of aliphatic imine (C=N–C) groups is 1. The van der Waals surface area contributed by atoms with Crippen LogP contribution in [0.4, 0.5) is 11.4 Å². The van der Waals surface area contributed by atoms with Crippen molar-refractivity contribution < 1.29 is 9.90 Å². The van der Waals surface area contributed by atoms with Gasteiger partial charge in [0.05, 0.1) is 12.1 Å². The molecule has 0 spiro atoms. The first kappa shape index (κ1) is 17.1. The molecule has 7 heteroatoms. The number of hydrogen-bond donors (Lipinski definition) is 1. The highest BCUT2D eigenvalue weighted by atomic mass is 16.4. The van der Waals surface area contributed by atoms with Crippen molar-refractivity contribution in [3.8, 4) is 0 Å². The van der Waals surface area contributed by atoms with Gasteiger partial charge in [0.25, 0.3) is 0 Å². The SMILES string of the molecule is C=NCC/C=C\C/N=N/c1cc2ccccc2c(C(=O)O)c1N=O. The molecule has 0 radical (unpaired) electrons. The smallest absolute Gasteiger partial charge is 0.338 e. The number of nitroso groups, excluding NO2 is 1. The molecule has 0 unspecified atom stereocenters. The number of hydrogen-bond acceptors (Lipinski definition) is 6. The molecule has 0 aliphatic heterocycles. The molecule has 24 heavy (non-hydrogen) atoms. The molecule has 0 heterocycles. The first-order valence-electron chi connectivity index (χ1n) is 7.26. The van der Waals surface area contributed by atoms with Crippen LogP contribution in [0.2, 0.25) is 0 Å². The van der Waals surface area contributed by atoms with Crippen molar-refractivity contribution in [3.63, 3.8) is 0 Å². The van der Waals surface area contributed by atoms with Gasteiger partial charge in [-0.2, -0.15) is 10.2 Å². The average Bonchev–Trinajstić information content (AvgIpc) is 2.59. The highest BCUT2D eigenvalue weighted by Gasteiger charge is 2.19. The molecule has 122 valence electrons. The lowest BCUT2D eigenvalue weighted by Gasteiger charge is -2.06. The maximum absolute atomic E-state index is 11.5. The molecule has 0 saturated heterocycles. The van der Waals surface area contributed by atoms with Gasteiger partial charge in [-0.3, -0.25) is 0 Å². The zero-order chi connectivity index (χ0) is 17.4. The minimum Gasteiger partial charge on any atom is -0.478 e. The molecular formula is C17H16N4O3. The third-order valence-electron chi connectivity index (χ3n) is 3.29. The second-order valence-corrected chi connectivity index (χ2v) is 4.87. The Morgan fingerprint density at radius 1 is 1.25 bits per heavy atom. The van der Waals surface area contributed by atoms with E-state index in [4.69, 9.17) is 0 Å². The zero-order valence-electron chi connectivity index (χ0n) is 12.9. The standard InChI is InChI=1S/C17H16N4O3/c1-18-9-5-2-6-10-19-20-14-11-12-7-3-4-8-13(12)15(17(22)23)16(14)21-24/h2-4,6-8,11H,1,5,9-10H2,(H,22,23)/b6-2-,20-19+. The predicted molar refractivity (Wildman–Crippen MR) is 93.9 cm³/mol. The Bertz CT molecular complexity index is 828. The molecule has 0 atom stereocenters. The lowest BCUT2D eigenvalue weighted by atomic mass is 10.0. The topological polar surface area (TPSA) is 104 Å². The van der Waals surface area contributed by atoms with Gasteiger partial charge in [-0.05, 0) is 35.2 Å². The van der Waals surface area contributed by atoms with E-state index in [1.54, 1.807) is 30.3 Å². The predicted octanol–water partition coefficient (Wildman–Crippen LogP) is 4.67. The molecule has 0 amide bonds. The maximum atomic E-state index is 11.5. The fraction of sp³-hybridized carbons (Fsp3) is 0.176. The first-order valence-corrected chi connectivity index (χ1v) is 7.26. The minimum atomic E-state index is -1.23. The van der Waals surface area contributed by atoms with Crippen molar-refractivity contribution in [2.75, 3.05) is 13.1 Å². The lowest BCUT2D eigenvalue weighted by molar-refractivity contribution is 0.0700. The van der Waals surface area contributed by atoms with E-state index in [0.717, 1.165) is 6.42 Å². The van der Waals surface area contributed by atoms with Gasteiger partial charge in [0.15, 0.2) is 5.69 Å². The van der Waals surface area contributed by atoms with Crippen LogP contribution in [0.1, 0.15) is 16.8 Å². The fourth-order valence-corrected chi connectivity index (χ4v) is 2.23. The molecule has 0 saturated carbocycles. The second-order valence-electron chi connectivity index (χ2n) is 4.87. The van der Waals surface area contributed by atoms with Crippen LogP contribution >= 0.6 is 0 Å². The van der Waals surface area contributed by atoms with Crippen molar-refractivity contribution in [3.05, 3.63) is 53.0 Å². The van der Waals surface area contributed by atoms with Crippen molar-refractivity contribution in [1.82, 2.24) is 0 Å². The fourth-order valence-electron chi connectivity index (χ4n) is 2.23. The monoisotopic (exact) mass is 324 g/mol. The number of benzene rings is 2. The van der Waals surface area contributed by atoms with E-state index in [9.17, 15) is 14.8 Å². The van der Waals surface area contributed by atoms with Gasteiger partial charge >= 0.3 is 5.97 Å². The lowest BCUT2D eigenvalue weighted by Crippen LogP contribution is -1.98. The Labute approximate surface area is 138 Å². The molecule has 0 aliphatic carbocycles. The number of carboxylic acid groups (broad SMARTS) is 1. The quantitative estimate of drug-likeness (QED) is 0.251. The van der Waals surface area contributed by atoms with Crippen molar-refractivity contribution >= 4 is 34.8 Å². The largest absolute Gasteiger partial charge is 0.478 e. The molecule has 2 rings (SSSR count). The van der Waals surface area contributed by atoms with Crippen LogP contribution in [0, 0.1) is 4.91 Å². The van der Waals surface area contributed by atoms with Gasteiger partial charge < -0.3 is 10.1 Å². The van der Waals surface area contributed by atoms with Crippen LogP contribution in [0.25, 0.3) is 10.8 Å². The molecule has 0 bridgehead atoms. The van der Waals surface area contributed by atoms with Gasteiger partial charge in [-0.1, -0.05) is 36.4 Å². The normalized spacial score (nSPS) is 11.3.